The molecule has 0 unspecified atom stereocenters. The summed E-state index contributed by atoms with van der Waals surface area (Å²) in [6.45, 7) is 3.98. The fraction of sp³-hybridized carbons (Fsp3) is 0.400. The molecule has 0 heterocycles. The Morgan fingerprint density at radius 2 is 2.00 bits per heavy atom. The van der Waals surface area contributed by atoms with E-state index in [1.165, 1.54) is 0 Å². The molecular weight excluding hydrogens is 186 g/mol. The quantitative estimate of drug-likeness (QED) is 0.798. The van der Waals surface area contributed by atoms with Crippen LogP contribution < -0.4 is 10.5 Å². The van der Waals surface area contributed by atoms with Gasteiger partial charge < -0.3 is 10.5 Å². The Morgan fingerprint density at radius 3 is 2.46 bits per heavy atom. The van der Waals surface area contributed by atoms with E-state index in [2.05, 4.69) is 0 Å². The summed E-state index contributed by atoms with van der Waals surface area (Å²) in [6.07, 6.45) is 0. The number of ether oxygens (including phenoxy) is 1. The number of nitrogens with two attached hydrogens (primary N) is 1. The van der Waals surface area contributed by atoms with Crippen molar-refractivity contribution in [2.24, 2.45) is 5.73 Å². The topological polar surface area (TPSA) is 35.2 Å². The van der Waals surface area contributed by atoms with Gasteiger partial charge in [0.2, 0.25) is 0 Å². The molecule has 1 aromatic rings. The lowest BCUT2D eigenvalue weighted by Gasteiger charge is -2.09. The van der Waals surface area contributed by atoms with Crippen molar-refractivity contribution in [2.75, 3.05) is 7.11 Å². The highest BCUT2D eigenvalue weighted by molar-refractivity contribution is 5.85. The molecule has 0 amide bonds. The zero-order chi connectivity index (χ0) is 9.14. The summed E-state index contributed by atoms with van der Waals surface area (Å²) in [5.74, 6) is 0.907. The lowest BCUT2D eigenvalue weighted by atomic mass is 10.1. The van der Waals surface area contributed by atoms with E-state index >= 15 is 0 Å². The Bertz CT molecular complexity index is 274. The summed E-state index contributed by atoms with van der Waals surface area (Å²) in [4.78, 5) is 0. The first-order chi connectivity index (χ1) is 5.65. The molecule has 74 valence electrons. The van der Waals surface area contributed by atoms with E-state index in [-0.39, 0.29) is 18.4 Å². The number of hydrogen-bond donors (Lipinski definition) is 1. The molecule has 2 nitrogen and oxygen atoms in total. The smallest absolute Gasteiger partial charge is 0.122 e. The van der Waals surface area contributed by atoms with Gasteiger partial charge >= 0.3 is 0 Å². The van der Waals surface area contributed by atoms with Gasteiger partial charge in [-0.25, -0.2) is 0 Å². The van der Waals surface area contributed by atoms with Gasteiger partial charge in [0.1, 0.15) is 5.75 Å². The number of rotatable bonds is 2. The number of aryl methyl sites for hydroxylation is 1. The molecule has 0 radical (unpaired) electrons. The lowest BCUT2D eigenvalue weighted by Crippen LogP contribution is -2.05. The average Bonchev–Trinajstić information content (AvgIpc) is 2.05. The van der Waals surface area contributed by atoms with Crippen molar-refractivity contribution in [1.29, 1.82) is 0 Å². The largest absolute Gasteiger partial charge is 0.496 e. The minimum Gasteiger partial charge on any atom is -0.496 e. The van der Waals surface area contributed by atoms with Crippen molar-refractivity contribution in [3.8, 4) is 5.75 Å². The van der Waals surface area contributed by atoms with Crippen LogP contribution >= 0.6 is 12.4 Å². The van der Waals surface area contributed by atoms with Crippen molar-refractivity contribution in [3.63, 3.8) is 0 Å². The molecule has 0 aromatic heterocycles. The predicted molar refractivity (Wildman–Crippen MR) is 57.6 cm³/mol. The lowest BCUT2D eigenvalue weighted by molar-refractivity contribution is 0.411. The first-order valence-electron chi connectivity index (χ1n) is 4.05. The van der Waals surface area contributed by atoms with Crippen LogP contribution in [0.2, 0.25) is 0 Å². The minimum absolute atomic E-state index is 0. The number of benzene rings is 1. The SMILES string of the molecule is COc1cc([C@H](C)N)ccc1C.Cl. The zero-order valence-electron chi connectivity index (χ0n) is 8.20. The maximum atomic E-state index is 5.73. The van der Waals surface area contributed by atoms with E-state index in [0.29, 0.717) is 0 Å². The highest BCUT2D eigenvalue weighted by atomic mass is 35.5. The zero-order valence-corrected chi connectivity index (χ0v) is 9.02. The van der Waals surface area contributed by atoms with E-state index in [4.69, 9.17) is 10.5 Å². The fourth-order valence-electron chi connectivity index (χ4n) is 1.12. The van der Waals surface area contributed by atoms with Crippen LogP contribution in [0, 0.1) is 6.92 Å². The highest BCUT2D eigenvalue weighted by Crippen LogP contribution is 2.21. The van der Waals surface area contributed by atoms with Gasteiger partial charge in [-0.15, -0.1) is 12.4 Å². The Hall–Kier alpha value is -0.730. The second kappa shape index (κ2) is 5.10. The Labute approximate surface area is 85.5 Å². The number of halogens is 1. The van der Waals surface area contributed by atoms with Crippen LogP contribution in [0.3, 0.4) is 0 Å². The van der Waals surface area contributed by atoms with Crippen molar-refractivity contribution in [3.05, 3.63) is 29.3 Å². The molecule has 0 spiro atoms. The second-order valence-corrected chi connectivity index (χ2v) is 3.02. The minimum atomic E-state index is 0. The van der Waals surface area contributed by atoms with Crippen molar-refractivity contribution >= 4 is 12.4 Å². The van der Waals surface area contributed by atoms with Gasteiger partial charge in [0.05, 0.1) is 7.11 Å². The maximum absolute atomic E-state index is 5.73. The van der Waals surface area contributed by atoms with Crippen LogP contribution in [0.1, 0.15) is 24.1 Å². The molecule has 0 saturated carbocycles. The highest BCUT2D eigenvalue weighted by Gasteiger charge is 2.02. The van der Waals surface area contributed by atoms with E-state index in [1.54, 1.807) is 7.11 Å². The van der Waals surface area contributed by atoms with Crippen molar-refractivity contribution in [1.82, 2.24) is 0 Å². The normalized spacial score (nSPS) is 11.7. The second-order valence-electron chi connectivity index (χ2n) is 3.02. The van der Waals surface area contributed by atoms with Gasteiger partial charge in [0, 0.05) is 6.04 Å². The van der Waals surface area contributed by atoms with Gasteiger partial charge in [-0.1, -0.05) is 12.1 Å². The summed E-state index contributed by atoms with van der Waals surface area (Å²) in [5, 5.41) is 0. The molecule has 0 fully saturated rings. The maximum Gasteiger partial charge on any atom is 0.122 e. The average molecular weight is 202 g/mol. The fourth-order valence-corrected chi connectivity index (χ4v) is 1.12. The van der Waals surface area contributed by atoms with E-state index in [9.17, 15) is 0 Å². The van der Waals surface area contributed by atoms with Crippen LogP contribution in [-0.2, 0) is 0 Å². The molecule has 1 rings (SSSR count). The van der Waals surface area contributed by atoms with Crippen molar-refractivity contribution < 1.29 is 4.74 Å². The third-order valence-electron chi connectivity index (χ3n) is 1.96. The molecule has 2 N–H and O–H groups in total. The predicted octanol–water partition coefficient (Wildman–Crippen LogP) is 2.45. The van der Waals surface area contributed by atoms with E-state index in [1.807, 2.05) is 32.0 Å². The molecular formula is C10H16ClNO. The van der Waals surface area contributed by atoms with Crippen LogP contribution in [0.5, 0.6) is 5.75 Å². The Morgan fingerprint density at radius 1 is 1.38 bits per heavy atom. The van der Waals surface area contributed by atoms with Gasteiger partial charge in [0.25, 0.3) is 0 Å². The Kier molecular flexibility index (Phi) is 4.81. The third-order valence-corrected chi connectivity index (χ3v) is 1.96. The van der Waals surface area contributed by atoms with E-state index in [0.717, 1.165) is 16.9 Å². The summed E-state index contributed by atoms with van der Waals surface area (Å²) in [6, 6.07) is 6.11. The van der Waals surface area contributed by atoms with Crippen LogP contribution in [0.15, 0.2) is 18.2 Å². The van der Waals surface area contributed by atoms with Crippen LogP contribution in [0.4, 0.5) is 0 Å². The van der Waals surface area contributed by atoms with Crippen molar-refractivity contribution in [2.45, 2.75) is 19.9 Å². The molecule has 0 aliphatic heterocycles. The van der Waals surface area contributed by atoms with Crippen LogP contribution in [-0.4, -0.2) is 7.11 Å². The number of hydrogen-bond acceptors (Lipinski definition) is 2. The molecule has 0 saturated heterocycles. The van der Waals surface area contributed by atoms with Gasteiger partial charge in [-0.3, -0.25) is 0 Å². The summed E-state index contributed by atoms with van der Waals surface area (Å²) < 4.78 is 5.18. The van der Waals surface area contributed by atoms with Gasteiger partial charge in [0.15, 0.2) is 0 Å². The monoisotopic (exact) mass is 201 g/mol. The molecule has 13 heavy (non-hydrogen) atoms. The third kappa shape index (κ3) is 2.90. The molecule has 1 aromatic carbocycles. The Balaban J connectivity index is 0.00000144. The first kappa shape index (κ1) is 12.3. The molecule has 0 aliphatic rings. The first-order valence-corrected chi connectivity index (χ1v) is 4.05. The standard InChI is InChI=1S/C10H15NO.ClH/c1-7-4-5-9(8(2)11)6-10(7)12-3;/h4-6,8H,11H2,1-3H3;1H/t8-;/m0./s1. The summed E-state index contributed by atoms with van der Waals surface area (Å²) >= 11 is 0. The van der Waals surface area contributed by atoms with Crippen LogP contribution in [0.25, 0.3) is 0 Å². The number of methoxy groups -OCH3 is 1. The molecule has 0 aliphatic carbocycles. The summed E-state index contributed by atoms with van der Waals surface area (Å²) in [5.41, 5.74) is 7.98. The summed E-state index contributed by atoms with van der Waals surface area (Å²) in [7, 11) is 1.67. The molecule has 3 heteroatoms. The molecule has 0 bridgehead atoms. The van der Waals surface area contributed by atoms with Gasteiger partial charge in [-0.2, -0.15) is 0 Å². The molecule has 1 atom stereocenters. The van der Waals surface area contributed by atoms with Gasteiger partial charge in [-0.05, 0) is 31.0 Å². The van der Waals surface area contributed by atoms with E-state index < -0.39 is 0 Å².